The predicted molar refractivity (Wildman–Crippen MR) is 129 cm³/mol. The van der Waals surface area contributed by atoms with Crippen LogP contribution in [-0.4, -0.2) is 65.4 Å². The summed E-state index contributed by atoms with van der Waals surface area (Å²) in [6.07, 6.45) is -2.44. The molecule has 9 nitrogen and oxygen atoms in total. The van der Waals surface area contributed by atoms with Crippen molar-refractivity contribution in [3.05, 3.63) is 23.8 Å². The standard InChI is InChI=1S/C28H34F2O9/c1-5-22(33)38-28(39-24(35)37-20-7-9-36-23(20)34)14(2)10-16-17-12-19(29)18-11-15(31)6-8-25(18,3)27(17,30)21(32)13-26(16,28)4/h6,8,11,14,16-17,19-21,32H,5,7,9-10,12-13H2,1-4H3/t14-,16+,17+,19+,20?,21+,25+,26+,27+,28+/m1/s1. The van der Waals surface area contributed by atoms with Crippen molar-refractivity contribution < 1.29 is 52.0 Å². The second-order valence-electron chi connectivity index (χ2n) is 11.9. The molecule has 0 aromatic heterocycles. The van der Waals surface area contributed by atoms with E-state index in [-0.39, 0.29) is 44.3 Å². The van der Waals surface area contributed by atoms with Gasteiger partial charge in [-0.25, -0.2) is 18.4 Å². The van der Waals surface area contributed by atoms with Gasteiger partial charge in [0.25, 0.3) is 5.79 Å². The summed E-state index contributed by atoms with van der Waals surface area (Å²) in [6, 6.07) is 0. The zero-order chi connectivity index (χ0) is 28.5. The van der Waals surface area contributed by atoms with Gasteiger partial charge in [0.15, 0.2) is 11.5 Å². The molecule has 5 aliphatic rings. The maximum absolute atomic E-state index is 17.4. The van der Waals surface area contributed by atoms with Gasteiger partial charge in [-0.3, -0.25) is 9.59 Å². The summed E-state index contributed by atoms with van der Waals surface area (Å²) in [5.74, 6) is -6.27. The Hall–Kier alpha value is -2.82. The topological polar surface area (TPSA) is 125 Å². The Morgan fingerprint density at radius 3 is 2.54 bits per heavy atom. The number of hydrogen-bond donors (Lipinski definition) is 1. The fourth-order valence-electron chi connectivity index (χ4n) is 8.03. The lowest BCUT2D eigenvalue weighted by Crippen LogP contribution is -2.70. The number of halogens is 2. The lowest BCUT2D eigenvalue weighted by molar-refractivity contribution is -0.301. The van der Waals surface area contributed by atoms with Gasteiger partial charge < -0.3 is 24.1 Å². The Bertz CT molecular complexity index is 1170. The monoisotopic (exact) mass is 552 g/mol. The van der Waals surface area contributed by atoms with Crippen molar-refractivity contribution in [3.63, 3.8) is 0 Å². The Morgan fingerprint density at radius 2 is 1.90 bits per heavy atom. The number of esters is 2. The van der Waals surface area contributed by atoms with Gasteiger partial charge in [-0.05, 0) is 49.8 Å². The first-order valence-electron chi connectivity index (χ1n) is 13.5. The van der Waals surface area contributed by atoms with Crippen LogP contribution in [0.4, 0.5) is 13.6 Å². The minimum atomic E-state index is -2.35. The molecule has 214 valence electrons. The summed E-state index contributed by atoms with van der Waals surface area (Å²) in [7, 11) is 0. The Balaban J connectivity index is 1.56. The molecule has 0 aromatic carbocycles. The fourth-order valence-corrected chi connectivity index (χ4v) is 8.03. The van der Waals surface area contributed by atoms with E-state index in [0.29, 0.717) is 0 Å². The third-order valence-electron chi connectivity index (χ3n) is 9.99. The number of allylic oxidation sites excluding steroid dienone is 4. The highest BCUT2D eigenvalue weighted by Gasteiger charge is 2.78. The number of cyclic esters (lactones) is 1. The van der Waals surface area contributed by atoms with Gasteiger partial charge in [0, 0.05) is 30.1 Å². The minimum Gasteiger partial charge on any atom is -0.463 e. The van der Waals surface area contributed by atoms with Crippen LogP contribution in [0.3, 0.4) is 0 Å². The third kappa shape index (κ3) is 3.71. The van der Waals surface area contributed by atoms with E-state index in [2.05, 4.69) is 0 Å². The second kappa shape index (κ2) is 9.11. The number of carbonyl (C=O) groups is 4. The van der Waals surface area contributed by atoms with E-state index >= 15 is 8.78 Å². The smallest absolute Gasteiger partial charge is 0.463 e. The minimum absolute atomic E-state index is 0.00519. The summed E-state index contributed by atoms with van der Waals surface area (Å²) in [5.41, 5.74) is -5.27. The van der Waals surface area contributed by atoms with Crippen LogP contribution in [0.5, 0.6) is 0 Å². The van der Waals surface area contributed by atoms with Gasteiger partial charge in [0.1, 0.15) is 6.17 Å². The van der Waals surface area contributed by atoms with Crippen LogP contribution in [0.2, 0.25) is 0 Å². The molecule has 1 unspecified atom stereocenters. The molecule has 1 N–H and O–H groups in total. The van der Waals surface area contributed by atoms with Gasteiger partial charge in [-0.2, -0.15) is 0 Å². The van der Waals surface area contributed by atoms with Crippen LogP contribution in [0, 0.1) is 28.6 Å². The number of rotatable bonds is 4. The van der Waals surface area contributed by atoms with Crippen molar-refractivity contribution in [1.82, 2.24) is 0 Å². The number of hydrogen-bond acceptors (Lipinski definition) is 9. The second-order valence-corrected chi connectivity index (χ2v) is 11.9. The average molecular weight is 553 g/mol. The summed E-state index contributed by atoms with van der Waals surface area (Å²) >= 11 is 0. The lowest BCUT2D eigenvalue weighted by atomic mass is 9.45. The zero-order valence-electron chi connectivity index (χ0n) is 22.4. The summed E-state index contributed by atoms with van der Waals surface area (Å²) in [6.45, 7) is 6.45. The molecule has 1 saturated heterocycles. The molecular weight excluding hydrogens is 518 g/mol. The van der Waals surface area contributed by atoms with Crippen LogP contribution in [-0.2, 0) is 33.3 Å². The van der Waals surface area contributed by atoms with E-state index in [9.17, 15) is 24.3 Å². The maximum Gasteiger partial charge on any atom is 0.512 e. The first-order valence-corrected chi connectivity index (χ1v) is 13.5. The first kappa shape index (κ1) is 27.7. The van der Waals surface area contributed by atoms with Crippen molar-refractivity contribution in [2.75, 3.05) is 6.61 Å². The van der Waals surface area contributed by atoms with Gasteiger partial charge >= 0.3 is 18.1 Å². The van der Waals surface area contributed by atoms with Crippen molar-refractivity contribution in [3.8, 4) is 0 Å². The summed E-state index contributed by atoms with van der Waals surface area (Å²) in [5, 5.41) is 11.5. The molecule has 1 heterocycles. The molecule has 0 bridgehead atoms. The van der Waals surface area contributed by atoms with Crippen molar-refractivity contribution in [1.29, 1.82) is 0 Å². The van der Waals surface area contributed by atoms with E-state index in [1.54, 1.807) is 20.8 Å². The number of ether oxygens (including phenoxy) is 4. The third-order valence-corrected chi connectivity index (χ3v) is 9.99. The highest BCUT2D eigenvalue weighted by molar-refractivity contribution is 6.01. The molecule has 1 aliphatic heterocycles. The van der Waals surface area contributed by atoms with Crippen LogP contribution >= 0.6 is 0 Å². The molecule has 5 rings (SSSR count). The lowest BCUT2D eigenvalue weighted by Gasteiger charge is -2.62. The van der Waals surface area contributed by atoms with Crippen molar-refractivity contribution in [2.45, 2.75) is 89.6 Å². The first-order chi connectivity index (χ1) is 18.2. The molecule has 0 amide bonds. The van der Waals surface area contributed by atoms with E-state index in [0.717, 1.165) is 6.08 Å². The van der Waals surface area contributed by atoms with Crippen LogP contribution < -0.4 is 0 Å². The van der Waals surface area contributed by atoms with Crippen molar-refractivity contribution >= 4 is 23.9 Å². The Kier molecular flexibility index (Phi) is 6.48. The predicted octanol–water partition coefficient (Wildman–Crippen LogP) is 3.67. The molecule has 11 heteroatoms. The van der Waals surface area contributed by atoms with Gasteiger partial charge in [0.05, 0.1) is 18.1 Å². The quantitative estimate of drug-likeness (QED) is 0.316. The summed E-state index contributed by atoms with van der Waals surface area (Å²) < 4.78 is 54.8. The Morgan fingerprint density at radius 1 is 1.18 bits per heavy atom. The molecule has 39 heavy (non-hydrogen) atoms. The molecular formula is C28H34F2O9. The molecule has 3 saturated carbocycles. The SMILES string of the molecule is CCC(=O)O[C@]1(OC(=O)OC2CCOC2=O)[C@H](C)C[C@H]2[C@@H]3C[C@H](F)C4=CC(=O)C=C[C@]4(C)[C@@]3(F)[C@@H](O)C[C@@]21C. The molecule has 0 radical (unpaired) electrons. The van der Waals surface area contributed by atoms with Crippen LogP contribution in [0.15, 0.2) is 23.8 Å². The zero-order valence-corrected chi connectivity index (χ0v) is 22.4. The highest BCUT2D eigenvalue weighted by Crippen LogP contribution is 2.71. The number of alkyl halides is 2. The fraction of sp³-hybridized carbons (Fsp3) is 0.714. The molecule has 4 aliphatic carbocycles. The molecule has 10 atom stereocenters. The van der Waals surface area contributed by atoms with E-state index in [1.807, 2.05) is 0 Å². The highest BCUT2D eigenvalue weighted by atomic mass is 19.1. The van der Waals surface area contributed by atoms with E-state index in [4.69, 9.17) is 18.9 Å². The largest absolute Gasteiger partial charge is 0.512 e. The van der Waals surface area contributed by atoms with Gasteiger partial charge in [0.2, 0.25) is 6.10 Å². The number of aliphatic hydroxyl groups is 1. The molecule has 0 spiro atoms. The molecule has 4 fully saturated rings. The average Bonchev–Trinajstić information content (AvgIpc) is 3.36. The number of ketones is 1. The maximum atomic E-state index is 17.4. The Labute approximate surface area is 224 Å². The number of fused-ring (bicyclic) bond motifs is 5. The normalized spacial score (nSPS) is 46.4. The van der Waals surface area contributed by atoms with Gasteiger partial charge in [-0.15, -0.1) is 0 Å². The van der Waals surface area contributed by atoms with Crippen molar-refractivity contribution in [2.24, 2.45) is 28.6 Å². The van der Waals surface area contributed by atoms with E-state index in [1.165, 1.54) is 19.1 Å². The molecule has 0 aromatic rings. The van der Waals surface area contributed by atoms with E-state index < -0.39 is 82.3 Å². The van der Waals surface area contributed by atoms with Crippen LogP contribution in [0.25, 0.3) is 0 Å². The van der Waals surface area contributed by atoms with Crippen LogP contribution in [0.1, 0.15) is 59.8 Å². The summed E-state index contributed by atoms with van der Waals surface area (Å²) in [4.78, 5) is 49.6. The number of carbonyl (C=O) groups excluding carboxylic acids is 4. The number of aliphatic hydroxyl groups excluding tert-OH is 1. The van der Waals surface area contributed by atoms with Gasteiger partial charge in [-0.1, -0.05) is 26.8 Å².